The van der Waals surface area contributed by atoms with Crippen LogP contribution < -0.4 is 5.32 Å². The van der Waals surface area contributed by atoms with Gasteiger partial charge in [0.25, 0.3) is 0 Å². The summed E-state index contributed by atoms with van der Waals surface area (Å²) in [6, 6.07) is 0. The van der Waals surface area contributed by atoms with Crippen LogP contribution in [0.25, 0.3) is 0 Å². The van der Waals surface area contributed by atoms with E-state index in [1.165, 1.54) is 0 Å². The van der Waals surface area contributed by atoms with Crippen LogP contribution in [0.3, 0.4) is 0 Å². The van der Waals surface area contributed by atoms with Crippen molar-refractivity contribution in [2.24, 2.45) is 5.41 Å². The Morgan fingerprint density at radius 3 is 2.63 bits per heavy atom. The first-order valence-electron chi connectivity index (χ1n) is 7.28. The maximum Gasteiger partial charge on any atom is 0.0897 e. The van der Waals surface area contributed by atoms with Gasteiger partial charge in [-0.3, -0.25) is 0 Å². The summed E-state index contributed by atoms with van der Waals surface area (Å²) < 4.78 is 15.9. The molecule has 1 unspecified atom stereocenters. The SMILES string of the molecule is CCCCOCCOCC(O)CNCC1(C)COC1. The van der Waals surface area contributed by atoms with E-state index in [0.29, 0.717) is 26.4 Å². The Morgan fingerprint density at radius 1 is 1.26 bits per heavy atom. The van der Waals surface area contributed by atoms with Crippen LogP contribution in [0.5, 0.6) is 0 Å². The van der Waals surface area contributed by atoms with Crippen LogP contribution in [0, 0.1) is 5.41 Å². The maximum atomic E-state index is 9.72. The standard InChI is InChI=1S/C14H29NO4/c1-3-4-5-17-6-7-18-9-13(16)8-15-10-14(2)11-19-12-14/h13,15-16H,3-12H2,1-2H3. The van der Waals surface area contributed by atoms with Crippen molar-refractivity contribution in [2.75, 3.05) is 52.7 Å². The highest BCUT2D eigenvalue weighted by Crippen LogP contribution is 2.24. The summed E-state index contributed by atoms with van der Waals surface area (Å²) in [5.41, 5.74) is 0.244. The van der Waals surface area contributed by atoms with E-state index >= 15 is 0 Å². The van der Waals surface area contributed by atoms with E-state index < -0.39 is 6.10 Å². The summed E-state index contributed by atoms with van der Waals surface area (Å²) in [5, 5.41) is 13.0. The molecular formula is C14H29NO4. The summed E-state index contributed by atoms with van der Waals surface area (Å²) in [6.45, 7) is 9.68. The average molecular weight is 275 g/mol. The molecule has 0 spiro atoms. The Kier molecular flexibility index (Phi) is 8.57. The minimum Gasteiger partial charge on any atom is -0.389 e. The van der Waals surface area contributed by atoms with E-state index in [2.05, 4.69) is 19.2 Å². The van der Waals surface area contributed by atoms with Crippen molar-refractivity contribution >= 4 is 0 Å². The number of aliphatic hydroxyl groups is 1. The Morgan fingerprint density at radius 2 is 2.00 bits per heavy atom. The molecule has 0 aromatic carbocycles. The number of hydrogen-bond donors (Lipinski definition) is 2. The number of rotatable bonds is 12. The highest BCUT2D eigenvalue weighted by Gasteiger charge is 2.32. The Labute approximate surface area is 116 Å². The lowest BCUT2D eigenvalue weighted by atomic mass is 9.89. The second-order valence-electron chi connectivity index (χ2n) is 5.63. The quantitative estimate of drug-likeness (QED) is 0.516. The van der Waals surface area contributed by atoms with Gasteiger partial charge in [0.05, 0.1) is 39.1 Å². The molecule has 1 aliphatic heterocycles. The first kappa shape index (κ1) is 16.9. The van der Waals surface area contributed by atoms with Gasteiger partial charge >= 0.3 is 0 Å². The third-order valence-corrected chi connectivity index (χ3v) is 3.16. The summed E-state index contributed by atoms with van der Waals surface area (Å²) in [5.74, 6) is 0. The lowest BCUT2D eigenvalue weighted by molar-refractivity contribution is -0.100. The van der Waals surface area contributed by atoms with Gasteiger partial charge in [-0.05, 0) is 6.42 Å². The fraction of sp³-hybridized carbons (Fsp3) is 1.00. The van der Waals surface area contributed by atoms with Crippen LogP contribution in [0.4, 0.5) is 0 Å². The molecule has 1 atom stereocenters. The zero-order valence-corrected chi connectivity index (χ0v) is 12.3. The van der Waals surface area contributed by atoms with Crippen LogP contribution in [-0.4, -0.2) is 63.9 Å². The minimum absolute atomic E-state index is 0.244. The largest absolute Gasteiger partial charge is 0.389 e. The number of aliphatic hydroxyl groups excluding tert-OH is 1. The topological polar surface area (TPSA) is 60.0 Å². The molecule has 0 bridgehead atoms. The van der Waals surface area contributed by atoms with Gasteiger partial charge in [0, 0.05) is 25.1 Å². The van der Waals surface area contributed by atoms with Crippen molar-refractivity contribution in [3.05, 3.63) is 0 Å². The molecule has 0 amide bonds. The van der Waals surface area contributed by atoms with Gasteiger partial charge in [-0.25, -0.2) is 0 Å². The molecule has 0 aromatic rings. The Balaban J connectivity index is 1.83. The first-order valence-corrected chi connectivity index (χ1v) is 7.28. The van der Waals surface area contributed by atoms with Gasteiger partial charge < -0.3 is 24.6 Å². The molecule has 1 fully saturated rings. The van der Waals surface area contributed by atoms with Crippen LogP contribution in [0.2, 0.25) is 0 Å². The fourth-order valence-electron chi connectivity index (χ4n) is 1.84. The van der Waals surface area contributed by atoms with Crippen LogP contribution in [0.1, 0.15) is 26.7 Å². The number of hydrogen-bond acceptors (Lipinski definition) is 5. The predicted octanol–water partition coefficient (Wildman–Crippen LogP) is 0.807. The Bertz CT molecular complexity index is 221. The first-order chi connectivity index (χ1) is 9.16. The van der Waals surface area contributed by atoms with E-state index in [1.807, 2.05) is 0 Å². The monoisotopic (exact) mass is 275 g/mol. The van der Waals surface area contributed by atoms with Crippen molar-refractivity contribution < 1.29 is 19.3 Å². The molecule has 1 aliphatic rings. The molecule has 0 aromatic heterocycles. The smallest absolute Gasteiger partial charge is 0.0897 e. The van der Waals surface area contributed by atoms with Gasteiger partial charge in [-0.1, -0.05) is 20.3 Å². The van der Waals surface area contributed by atoms with E-state index in [-0.39, 0.29) is 5.41 Å². The molecule has 5 nitrogen and oxygen atoms in total. The van der Waals surface area contributed by atoms with Gasteiger partial charge in [0.1, 0.15) is 0 Å². The van der Waals surface area contributed by atoms with Gasteiger partial charge in [-0.15, -0.1) is 0 Å². The summed E-state index contributed by atoms with van der Waals surface area (Å²) in [4.78, 5) is 0. The normalized spacial score (nSPS) is 19.1. The fourth-order valence-corrected chi connectivity index (χ4v) is 1.84. The number of unbranched alkanes of at least 4 members (excludes halogenated alkanes) is 1. The number of ether oxygens (including phenoxy) is 3. The van der Waals surface area contributed by atoms with E-state index in [1.54, 1.807) is 0 Å². The molecule has 2 N–H and O–H groups in total. The summed E-state index contributed by atoms with van der Waals surface area (Å²) in [6.07, 6.45) is 1.78. The lowest BCUT2D eigenvalue weighted by Gasteiger charge is -2.38. The van der Waals surface area contributed by atoms with Crippen LogP contribution in [-0.2, 0) is 14.2 Å². The zero-order chi connectivity index (χ0) is 14.0. The van der Waals surface area contributed by atoms with Crippen molar-refractivity contribution in [3.8, 4) is 0 Å². The summed E-state index contributed by atoms with van der Waals surface area (Å²) >= 11 is 0. The molecule has 114 valence electrons. The van der Waals surface area contributed by atoms with E-state index in [4.69, 9.17) is 14.2 Å². The minimum atomic E-state index is -0.458. The van der Waals surface area contributed by atoms with Gasteiger partial charge in [0.15, 0.2) is 0 Å². The van der Waals surface area contributed by atoms with Crippen LogP contribution >= 0.6 is 0 Å². The van der Waals surface area contributed by atoms with Crippen molar-refractivity contribution in [1.82, 2.24) is 5.32 Å². The molecule has 1 heterocycles. The molecule has 19 heavy (non-hydrogen) atoms. The molecular weight excluding hydrogens is 246 g/mol. The third kappa shape index (κ3) is 7.84. The second kappa shape index (κ2) is 9.66. The van der Waals surface area contributed by atoms with E-state index in [9.17, 15) is 5.11 Å². The summed E-state index contributed by atoms with van der Waals surface area (Å²) in [7, 11) is 0. The molecule has 1 rings (SSSR count). The van der Waals surface area contributed by atoms with Crippen molar-refractivity contribution in [3.63, 3.8) is 0 Å². The van der Waals surface area contributed by atoms with Gasteiger partial charge in [0.2, 0.25) is 0 Å². The van der Waals surface area contributed by atoms with Crippen LogP contribution in [0.15, 0.2) is 0 Å². The molecule has 0 aliphatic carbocycles. The maximum absolute atomic E-state index is 9.72. The molecule has 1 saturated heterocycles. The highest BCUT2D eigenvalue weighted by molar-refractivity contribution is 4.83. The molecule has 0 saturated carbocycles. The zero-order valence-electron chi connectivity index (χ0n) is 12.3. The van der Waals surface area contributed by atoms with Crippen molar-refractivity contribution in [1.29, 1.82) is 0 Å². The average Bonchev–Trinajstić information content (AvgIpc) is 2.35. The predicted molar refractivity (Wildman–Crippen MR) is 74.3 cm³/mol. The Hall–Kier alpha value is -0.200. The lowest BCUT2D eigenvalue weighted by Crippen LogP contribution is -2.48. The van der Waals surface area contributed by atoms with Crippen molar-refractivity contribution in [2.45, 2.75) is 32.8 Å². The highest BCUT2D eigenvalue weighted by atomic mass is 16.5. The van der Waals surface area contributed by atoms with Gasteiger partial charge in [-0.2, -0.15) is 0 Å². The third-order valence-electron chi connectivity index (χ3n) is 3.16. The van der Waals surface area contributed by atoms with E-state index in [0.717, 1.165) is 39.2 Å². The second-order valence-corrected chi connectivity index (χ2v) is 5.63. The molecule has 5 heteroatoms. The molecule has 0 radical (unpaired) electrons. The number of nitrogens with one attached hydrogen (secondary N) is 1.